The smallest absolute Gasteiger partial charge is 0.463 e. The second-order valence-electron chi connectivity index (χ2n) is 22.3. The van der Waals surface area contributed by atoms with Crippen LogP contribution in [0.2, 0.25) is 0 Å². The second-order valence-corrected chi connectivity index (χ2v) is 26.5. The Morgan fingerprint density at radius 1 is 0.880 bits per heavy atom. The number of amides is 7. The van der Waals surface area contributed by atoms with Crippen molar-refractivity contribution in [3.8, 4) is 0 Å². The summed E-state index contributed by atoms with van der Waals surface area (Å²) in [6.45, 7) is -1.72. The molecule has 0 spiro atoms. The Labute approximate surface area is 526 Å². The van der Waals surface area contributed by atoms with Gasteiger partial charge in [0.25, 0.3) is 0 Å². The number of hydrogen-bond acceptors (Lipinski definition) is 25. The third-order valence-corrected chi connectivity index (χ3v) is 17.9. The number of rotatable bonds is 23. The molecule has 0 saturated carbocycles. The molecule has 92 heavy (non-hydrogen) atoms. The molecule has 4 aliphatic heterocycles. The lowest BCUT2D eigenvalue weighted by molar-refractivity contribution is -0.143. The number of fused-ring (bicyclic) bond motifs is 4. The highest BCUT2D eigenvalue weighted by Crippen LogP contribution is 2.54. The topological polar surface area (TPSA) is 450 Å². The first-order valence-electron chi connectivity index (χ1n) is 28.8. The first-order chi connectivity index (χ1) is 43.7. The first kappa shape index (κ1) is 68.7. The van der Waals surface area contributed by atoms with Gasteiger partial charge in [0, 0.05) is 56.9 Å². The van der Waals surface area contributed by atoms with Crippen LogP contribution < -0.4 is 27.4 Å². The van der Waals surface area contributed by atoms with Crippen LogP contribution in [0.3, 0.4) is 0 Å². The fourth-order valence-electron chi connectivity index (χ4n) is 10.5. The lowest BCUT2D eigenvalue weighted by Gasteiger charge is -2.28. The maximum atomic E-state index is 16.6. The highest BCUT2D eigenvalue weighted by atomic mass is 32.5. The molecule has 5 aromatic rings. The van der Waals surface area contributed by atoms with E-state index in [-0.39, 0.29) is 117 Å². The minimum absolute atomic E-state index is 0.00326. The standard InChI is InChI=1S/C53H67F2N15O19P2S/c1-26(2)40(66-35(72)11-13-68-36(73)16-27(3)49(68)76)32(71)17-29(6-5-12-58-52(57)77)48(75)65-30-9-7-28(8-10-30)19-83-53(78)67(4)14-15-82-37(74)18-31-41-46(61-22-59-31)69(24-63-41)50-38(54)43-34(87-50)21-85-91(81,92)89-44-33(20-84-90(79,80)88-43)86-51(39(44)55)70-25-64-42-45(56)60-23-62-47(42)70/h7-10,22-27,29,33-34,38-40,43-44,50-51H,5-6,11-21H2,1-4H3,(H,65,75)(H,66,72)(H,79,80)(H,81,92)(H2,56,60,62)(H3,57,58,77)/t27?,29-,33-,34-,38-,39-,40+,43-,44-,50-,51-,91?/m1/s1. The number of phosphoric ester groups is 1. The SMILES string of the molecule is CC1CC(=O)N(CCC(=O)N[C@H](C(=O)C[C@@H](CCCNC(N)=O)C(=O)Nc2ccc(COC(=O)N(C)CCOC(=O)Cc3ncnc4c3ncn4[C@@H]3O[C@@H]4COP(O)(=S)O[C@H]5[C@@H](F)[C@H](n6cnc7c(N)ncnc76)O[C@@H]5COP(=O)(O)O[C@H]4[C@H]3F)cc2)C(C)C)C1=O. The normalized spacial score (nSPS) is 26.5. The van der Waals surface area contributed by atoms with Gasteiger partial charge in [-0.15, -0.1) is 0 Å². The van der Waals surface area contributed by atoms with E-state index in [4.69, 9.17) is 60.3 Å². The average molecular weight is 1350 g/mol. The Balaban J connectivity index is 0.737. The summed E-state index contributed by atoms with van der Waals surface area (Å²) < 4.78 is 92.8. The number of nitrogens with one attached hydrogen (secondary N) is 3. The number of hydrogen-bond donors (Lipinski definition) is 7. The summed E-state index contributed by atoms with van der Waals surface area (Å²) in [5, 5.41) is 7.93. The van der Waals surface area contributed by atoms with Gasteiger partial charge in [0.1, 0.15) is 61.3 Å². The highest BCUT2D eigenvalue weighted by molar-refractivity contribution is 8.07. The van der Waals surface area contributed by atoms with Gasteiger partial charge in [0.2, 0.25) is 23.6 Å². The van der Waals surface area contributed by atoms with Gasteiger partial charge < -0.3 is 65.6 Å². The number of ketones is 1. The Kier molecular flexibility index (Phi) is 22.0. The molecule has 39 heteroatoms. The fraction of sp³-hybridized carbons (Fsp3) is 0.547. The number of imide groups is 1. The van der Waals surface area contributed by atoms with E-state index in [0.717, 1.165) is 33.3 Å². The minimum Gasteiger partial charge on any atom is -0.463 e. The van der Waals surface area contributed by atoms with Crippen LogP contribution in [0.25, 0.3) is 22.3 Å². The molecule has 7 amide bonds. The van der Waals surface area contributed by atoms with Crippen molar-refractivity contribution in [2.45, 2.75) is 121 Å². The molecule has 4 fully saturated rings. The molecule has 0 aliphatic carbocycles. The molecule has 0 radical (unpaired) electrons. The number of ether oxygens (including phenoxy) is 4. The van der Waals surface area contributed by atoms with E-state index in [2.05, 4.69) is 45.9 Å². The first-order valence-corrected chi connectivity index (χ1v) is 32.9. The van der Waals surface area contributed by atoms with E-state index in [1.165, 1.54) is 17.9 Å². The van der Waals surface area contributed by atoms with Crippen LogP contribution in [-0.2, 0) is 95.2 Å². The van der Waals surface area contributed by atoms with E-state index >= 15 is 8.78 Å². The Bertz CT molecular complexity index is 3690. The number of halogens is 2. The number of nitrogen functional groups attached to an aromatic ring is 1. The van der Waals surface area contributed by atoms with E-state index in [0.29, 0.717) is 11.3 Å². The molecule has 4 aliphatic rings. The van der Waals surface area contributed by atoms with Crippen molar-refractivity contribution in [3.05, 3.63) is 60.8 Å². The summed E-state index contributed by atoms with van der Waals surface area (Å²) in [4.78, 5) is 151. The zero-order valence-corrected chi connectivity index (χ0v) is 52.4. The number of alkyl halides is 2. The van der Waals surface area contributed by atoms with Crippen LogP contribution in [0, 0.1) is 17.8 Å². The number of phosphoric acid groups is 1. The maximum Gasteiger partial charge on any atom is 0.472 e. The molecule has 8 heterocycles. The summed E-state index contributed by atoms with van der Waals surface area (Å²) in [6.07, 6.45) is -11.4. The number of nitrogens with zero attached hydrogens (tertiary/aromatic N) is 10. The van der Waals surface area contributed by atoms with Gasteiger partial charge in [-0.1, -0.05) is 32.9 Å². The average Bonchev–Trinajstić information content (AvgIpc) is 1.62. The number of nitrogens with two attached hydrogens (primary N) is 2. The van der Waals surface area contributed by atoms with E-state index < -0.39 is 137 Å². The number of imidazole rings is 2. The van der Waals surface area contributed by atoms with Gasteiger partial charge in [0.05, 0.1) is 50.6 Å². The van der Waals surface area contributed by atoms with Gasteiger partial charge in [-0.25, -0.2) is 52.8 Å². The number of urea groups is 1. The number of benzene rings is 1. The van der Waals surface area contributed by atoms with Gasteiger partial charge in [-0.3, -0.25) is 56.4 Å². The van der Waals surface area contributed by atoms with Crippen molar-refractivity contribution < 1.29 is 98.5 Å². The zero-order chi connectivity index (χ0) is 66.3. The molecule has 9 N–H and O–H groups in total. The van der Waals surface area contributed by atoms with E-state index in [9.17, 15) is 52.7 Å². The summed E-state index contributed by atoms with van der Waals surface area (Å²) in [5.41, 5.74) is 12.1. The summed E-state index contributed by atoms with van der Waals surface area (Å²) in [6, 6.07) is 4.53. The molecule has 9 rings (SSSR count). The Hall–Kier alpha value is -7.70. The molecule has 13 atom stereocenters. The van der Waals surface area contributed by atoms with Crippen molar-refractivity contribution in [2.24, 2.45) is 23.5 Å². The van der Waals surface area contributed by atoms with Crippen LogP contribution in [0.4, 0.5) is 29.9 Å². The van der Waals surface area contributed by atoms with Gasteiger partial charge >= 0.3 is 32.6 Å². The van der Waals surface area contributed by atoms with Crippen molar-refractivity contribution in [3.63, 3.8) is 0 Å². The molecular formula is C53H67F2N15O19P2S. The Morgan fingerprint density at radius 2 is 1.51 bits per heavy atom. The van der Waals surface area contributed by atoms with Crippen LogP contribution in [0.5, 0.6) is 0 Å². The zero-order valence-electron chi connectivity index (χ0n) is 49.8. The lowest BCUT2D eigenvalue weighted by Crippen LogP contribution is -2.46. The summed E-state index contributed by atoms with van der Waals surface area (Å²) in [7, 11) is -3.85. The molecule has 4 aromatic heterocycles. The summed E-state index contributed by atoms with van der Waals surface area (Å²) in [5.74, 6) is -4.84. The Morgan fingerprint density at radius 3 is 2.15 bits per heavy atom. The number of anilines is 2. The molecule has 0 bridgehead atoms. The molecule has 1 aromatic carbocycles. The molecular weight excluding hydrogens is 1280 g/mol. The number of aromatic nitrogens is 8. The van der Waals surface area contributed by atoms with Crippen molar-refractivity contribution in [1.29, 1.82) is 0 Å². The molecule has 498 valence electrons. The van der Waals surface area contributed by atoms with Crippen molar-refractivity contribution in [2.75, 3.05) is 57.6 Å². The number of carbonyl (C=O) groups is 8. The van der Waals surface area contributed by atoms with Gasteiger partial charge in [-0.2, -0.15) is 0 Å². The number of likely N-dealkylation sites (tertiary alicyclic amines) is 1. The fourth-order valence-corrected chi connectivity index (χ4v) is 12.9. The monoisotopic (exact) mass is 1350 g/mol. The van der Waals surface area contributed by atoms with Gasteiger partial charge in [-0.05, 0) is 48.3 Å². The van der Waals surface area contributed by atoms with Crippen LogP contribution >= 0.6 is 14.5 Å². The van der Waals surface area contributed by atoms with E-state index in [1.807, 2.05) is 0 Å². The molecule has 4 saturated heterocycles. The second kappa shape index (κ2) is 29.5. The predicted octanol–water partition coefficient (Wildman–Crippen LogP) is 2.10. The number of Topliss-reactive ketones (excluding diaryl/α,β-unsaturated/α-hetero) is 1. The molecule has 34 nitrogen and oxygen atoms in total. The summed E-state index contributed by atoms with van der Waals surface area (Å²) >= 11 is 5.21. The van der Waals surface area contributed by atoms with Crippen LogP contribution in [0.1, 0.15) is 76.6 Å². The number of likely N-dealkylation sites (N-methyl/N-ethyl adjacent to an activating group) is 1. The predicted molar refractivity (Wildman–Crippen MR) is 315 cm³/mol. The number of primary amides is 1. The van der Waals surface area contributed by atoms with Gasteiger partial charge in [0.15, 0.2) is 47.7 Å². The third kappa shape index (κ3) is 16.5. The number of esters is 1. The number of carbonyl (C=O) groups excluding carboxylic acids is 8. The van der Waals surface area contributed by atoms with E-state index in [1.54, 1.807) is 45.0 Å². The third-order valence-electron chi connectivity index (χ3n) is 15.3. The van der Waals surface area contributed by atoms with Crippen LogP contribution in [-0.4, -0.2) is 195 Å². The lowest BCUT2D eigenvalue weighted by atomic mass is 9.89. The van der Waals surface area contributed by atoms with Crippen LogP contribution in [0.15, 0.2) is 49.6 Å². The van der Waals surface area contributed by atoms with Crippen molar-refractivity contribution in [1.82, 2.24) is 59.5 Å². The maximum absolute atomic E-state index is 16.6. The quantitative estimate of drug-likeness (QED) is 0.0213. The minimum atomic E-state index is -5.26. The highest BCUT2D eigenvalue weighted by Gasteiger charge is 2.55. The molecule has 3 unspecified atom stereocenters. The largest absolute Gasteiger partial charge is 0.472 e. The van der Waals surface area contributed by atoms with Crippen molar-refractivity contribution >= 4 is 108 Å².